The van der Waals surface area contributed by atoms with Gasteiger partial charge in [-0.1, -0.05) is 54.1 Å². The van der Waals surface area contributed by atoms with Crippen LogP contribution in [0.4, 0.5) is 10.1 Å². The van der Waals surface area contributed by atoms with Crippen molar-refractivity contribution in [2.24, 2.45) is 0 Å². The SMILES string of the molecule is COc1ccc(F)cc1/C(O)=C1\C(=O)C(=O)N(c2ccc(Cl)cc2)C1c1cccc2ccccc12. The molecule has 1 amide bonds. The van der Waals surface area contributed by atoms with Gasteiger partial charge in [-0.05, 0) is 58.8 Å². The van der Waals surface area contributed by atoms with Gasteiger partial charge < -0.3 is 9.84 Å². The fourth-order valence-electron chi connectivity index (χ4n) is 4.49. The molecule has 1 aliphatic rings. The molecule has 1 saturated heterocycles. The number of rotatable bonds is 4. The molecule has 1 N–H and O–H groups in total. The highest BCUT2D eigenvalue weighted by Gasteiger charge is 2.47. The molecule has 0 aliphatic carbocycles. The van der Waals surface area contributed by atoms with Crippen molar-refractivity contribution in [2.45, 2.75) is 6.04 Å². The van der Waals surface area contributed by atoms with E-state index in [9.17, 15) is 19.1 Å². The first-order valence-corrected chi connectivity index (χ1v) is 11.2. The van der Waals surface area contributed by atoms with E-state index in [0.29, 0.717) is 16.3 Å². The zero-order valence-corrected chi connectivity index (χ0v) is 19.3. The fourth-order valence-corrected chi connectivity index (χ4v) is 4.62. The molecule has 0 aromatic heterocycles. The first-order chi connectivity index (χ1) is 16.9. The van der Waals surface area contributed by atoms with Crippen LogP contribution in [-0.2, 0) is 9.59 Å². The summed E-state index contributed by atoms with van der Waals surface area (Å²) >= 11 is 6.05. The number of methoxy groups -OCH3 is 1. The van der Waals surface area contributed by atoms with Crippen LogP contribution in [0.2, 0.25) is 5.02 Å². The molecule has 7 heteroatoms. The highest BCUT2D eigenvalue weighted by atomic mass is 35.5. The number of halogens is 2. The number of anilines is 1. The third-order valence-corrected chi connectivity index (χ3v) is 6.34. The molecule has 0 saturated carbocycles. The minimum absolute atomic E-state index is 0.0214. The van der Waals surface area contributed by atoms with Crippen molar-refractivity contribution in [1.82, 2.24) is 0 Å². The van der Waals surface area contributed by atoms with Gasteiger partial charge in [0.2, 0.25) is 0 Å². The number of aliphatic hydroxyl groups excluding tert-OH is 1. The summed E-state index contributed by atoms with van der Waals surface area (Å²) < 4.78 is 19.4. The van der Waals surface area contributed by atoms with E-state index in [4.69, 9.17) is 16.3 Å². The molecule has 0 radical (unpaired) electrons. The first-order valence-electron chi connectivity index (χ1n) is 10.8. The largest absolute Gasteiger partial charge is 0.507 e. The number of ketones is 1. The van der Waals surface area contributed by atoms with Crippen molar-refractivity contribution in [3.8, 4) is 5.75 Å². The number of aliphatic hydroxyl groups is 1. The summed E-state index contributed by atoms with van der Waals surface area (Å²) in [5.74, 6) is -2.68. The van der Waals surface area contributed by atoms with Crippen molar-refractivity contribution in [3.05, 3.63) is 112 Å². The number of hydrogen-bond donors (Lipinski definition) is 1. The zero-order chi connectivity index (χ0) is 24.7. The standard InChI is InChI=1S/C28H19ClFNO4/c1-35-23-14-11-18(30)15-22(23)26(32)24-25(21-8-4-6-16-5-2-3-7-20(16)21)31(28(34)27(24)33)19-12-9-17(29)10-13-19/h2-15,25,32H,1H3/b26-24+. The van der Waals surface area contributed by atoms with E-state index in [1.165, 1.54) is 24.1 Å². The fraction of sp³-hybridized carbons (Fsp3) is 0.0714. The summed E-state index contributed by atoms with van der Waals surface area (Å²) in [5.41, 5.74) is 0.880. The molecular formula is C28H19ClFNO4. The van der Waals surface area contributed by atoms with Crippen LogP contribution < -0.4 is 9.64 Å². The Labute approximate surface area is 205 Å². The van der Waals surface area contributed by atoms with Crippen molar-refractivity contribution >= 4 is 45.5 Å². The monoisotopic (exact) mass is 487 g/mol. The Bertz CT molecular complexity index is 1510. The van der Waals surface area contributed by atoms with Gasteiger partial charge in [0.1, 0.15) is 17.3 Å². The summed E-state index contributed by atoms with van der Waals surface area (Å²) in [6.45, 7) is 0. The number of amides is 1. The van der Waals surface area contributed by atoms with Crippen LogP contribution in [0.15, 0.2) is 90.5 Å². The number of carbonyl (C=O) groups is 2. The second-order valence-corrected chi connectivity index (χ2v) is 8.49. The van der Waals surface area contributed by atoms with Crippen LogP contribution in [0.3, 0.4) is 0 Å². The molecule has 1 heterocycles. The van der Waals surface area contributed by atoms with E-state index < -0.39 is 29.3 Å². The third kappa shape index (κ3) is 3.82. The Balaban J connectivity index is 1.83. The molecule has 0 bridgehead atoms. The average molecular weight is 488 g/mol. The quantitative estimate of drug-likeness (QED) is 0.209. The van der Waals surface area contributed by atoms with Gasteiger partial charge in [-0.3, -0.25) is 14.5 Å². The predicted octanol–water partition coefficient (Wildman–Crippen LogP) is 6.27. The van der Waals surface area contributed by atoms with Crippen LogP contribution in [0.5, 0.6) is 5.75 Å². The zero-order valence-electron chi connectivity index (χ0n) is 18.5. The van der Waals surface area contributed by atoms with Crippen molar-refractivity contribution in [2.75, 3.05) is 12.0 Å². The van der Waals surface area contributed by atoms with E-state index in [-0.39, 0.29) is 16.9 Å². The van der Waals surface area contributed by atoms with E-state index in [1.807, 2.05) is 36.4 Å². The number of nitrogens with zero attached hydrogens (tertiary/aromatic N) is 1. The molecule has 1 fully saturated rings. The molecule has 0 spiro atoms. The van der Waals surface area contributed by atoms with Gasteiger partial charge >= 0.3 is 0 Å². The lowest BCUT2D eigenvalue weighted by molar-refractivity contribution is -0.132. The van der Waals surface area contributed by atoms with Crippen LogP contribution in [0, 0.1) is 5.82 Å². The molecule has 5 nitrogen and oxygen atoms in total. The Morgan fingerprint density at radius 3 is 2.43 bits per heavy atom. The topological polar surface area (TPSA) is 66.8 Å². The molecule has 5 rings (SSSR count). The van der Waals surface area contributed by atoms with Gasteiger partial charge in [0.25, 0.3) is 11.7 Å². The van der Waals surface area contributed by atoms with Crippen LogP contribution >= 0.6 is 11.6 Å². The first kappa shape index (κ1) is 22.6. The molecule has 4 aromatic rings. The van der Waals surface area contributed by atoms with Gasteiger partial charge in [0.15, 0.2) is 0 Å². The number of hydrogen-bond acceptors (Lipinski definition) is 4. The Kier molecular flexibility index (Phi) is 5.75. The molecule has 1 aliphatic heterocycles. The van der Waals surface area contributed by atoms with Crippen molar-refractivity contribution in [1.29, 1.82) is 0 Å². The normalized spacial score (nSPS) is 17.2. The van der Waals surface area contributed by atoms with Gasteiger partial charge in [-0.25, -0.2) is 4.39 Å². The summed E-state index contributed by atoms with van der Waals surface area (Å²) in [6, 6.07) is 22.2. The maximum Gasteiger partial charge on any atom is 0.300 e. The lowest BCUT2D eigenvalue weighted by Crippen LogP contribution is -2.29. The van der Waals surface area contributed by atoms with Crippen molar-refractivity contribution < 1.29 is 23.8 Å². The van der Waals surface area contributed by atoms with Crippen molar-refractivity contribution in [3.63, 3.8) is 0 Å². The molecular weight excluding hydrogens is 469 g/mol. The highest BCUT2D eigenvalue weighted by Crippen LogP contribution is 2.45. The second-order valence-electron chi connectivity index (χ2n) is 8.06. The molecule has 4 aromatic carbocycles. The minimum atomic E-state index is -0.977. The Morgan fingerprint density at radius 1 is 0.971 bits per heavy atom. The van der Waals surface area contributed by atoms with Crippen LogP contribution in [0.1, 0.15) is 17.2 Å². The second kappa shape index (κ2) is 8.89. The summed E-state index contributed by atoms with van der Waals surface area (Å²) in [5, 5.41) is 13.5. The maximum atomic E-state index is 14.1. The number of fused-ring (bicyclic) bond motifs is 1. The number of ether oxygens (including phenoxy) is 1. The average Bonchev–Trinajstić information content (AvgIpc) is 3.13. The van der Waals surface area contributed by atoms with E-state index >= 15 is 0 Å². The lowest BCUT2D eigenvalue weighted by Gasteiger charge is -2.26. The molecule has 174 valence electrons. The Hall–Kier alpha value is -4.16. The number of Topliss-reactive ketones (excluding diaryl/α,β-unsaturated/α-hetero) is 1. The van der Waals surface area contributed by atoms with Gasteiger partial charge in [-0.15, -0.1) is 0 Å². The third-order valence-electron chi connectivity index (χ3n) is 6.08. The molecule has 1 atom stereocenters. The minimum Gasteiger partial charge on any atom is -0.507 e. The number of carbonyl (C=O) groups excluding carboxylic acids is 2. The van der Waals surface area contributed by atoms with E-state index in [0.717, 1.165) is 16.8 Å². The summed E-state index contributed by atoms with van der Waals surface area (Å²) in [4.78, 5) is 28.1. The number of benzene rings is 4. The van der Waals surface area contributed by atoms with Gasteiger partial charge in [-0.2, -0.15) is 0 Å². The predicted molar refractivity (Wildman–Crippen MR) is 133 cm³/mol. The van der Waals surface area contributed by atoms with Gasteiger partial charge in [0.05, 0.1) is 24.3 Å². The summed E-state index contributed by atoms with van der Waals surface area (Å²) in [7, 11) is 1.37. The lowest BCUT2D eigenvalue weighted by atomic mass is 9.91. The maximum absolute atomic E-state index is 14.1. The van der Waals surface area contributed by atoms with Crippen LogP contribution in [0.25, 0.3) is 16.5 Å². The summed E-state index contributed by atoms with van der Waals surface area (Å²) in [6.07, 6.45) is 0. The van der Waals surface area contributed by atoms with E-state index in [1.54, 1.807) is 30.3 Å². The smallest absolute Gasteiger partial charge is 0.300 e. The molecule has 1 unspecified atom stereocenters. The Morgan fingerprint density at radius 2 is 1.69 bits per heavy atom. The van der Waals surface area contributed by atoms with E-state index in [2.05, 4.69) is 0 Å². The molecule has 35 heavy (non-hydrogen) atoms. The highest BCUT2D eigenvalue weighted by molar-refractivity contribution is 6.52. The van der Waals surface area contributed by atoms with Gasteiger partial charge in [0, 0.05) is 10.7 Å². The van der Waals surface area contributed by atoms with Crippen LogP contribution in [-0.4, -0.2) is 23.9 Å².